The molecule has 2 aromatic rings. The highest BCUT2D eigenvalue weighted by atomic mass is 35.5. The van der Waals surface area contributed by atoms with E-state index >= 15 is 0 Å². The van der Waals surface area contributed by atoms with Crippen LogP contribution in [0.1, 0.15) is 47.7 Å². The van der Waals surface area contributed by atoms with E-state index in [0.29, 0.717) is 42.6 Å². The molecule has 0 spiro atoms. The van der Waals surface area contributed by atoms with Gasteiger partial charge in [0.25, 0.3) is 0 Å². The minimum atomic E-state index is -0.438. The molecule has 1 aliphatic heterocycles. The monoisotopic (exact) mass is 441 g/mol. The van der Waals surface area contributed by atoms with Gasteiger partial charge in [-0.15, -0.1) is 0 Å². The molecule has 1 atom stereocenters. The summed E-state index contributed by atoms with van der Waals surface area (Å²) in [6, 6.07) is 13.1. The summed E-state index contributed by atoms with van der Waals surface area (Å²) in [6.45, 7) is 5.42. The van der Waals surface area contributed by atoms with Gasteiger partial charge in [-0.3, -0.25) is 9.59 Å². The van der Waals surface area contributed by atoms with E-state index < -0.39 is 5.41 Å². The molecule has 2 aliphatic rings. The number of amides is 1. The fourth-order valence-electron chi connectivity index (χ4n) is 4.54. The quantitative estimate of drug-likeness (QED) is 0.616. The smallest absolute Gasteiger partial charge is 0.233 e. The average molecular weight is 442 g/mol. The molecule has 31 heavy (non-hydrogen) atoms. The summed E-state index contributed by atoms with van der Waals surface area (Å²) in [4.78, 5) is 27.1. The third-order valence-electron chi connectivity index (χ3n) is 6.45. The molecule has 0 N–H and O–H groups in total. The number of hydrogen-bond acceptors (Lipinski definition) is 4. The number of Topliss-reactive ketones (excluding diaryl/α,β-unsaturated/α-hetero) is 1. The van der Waals surface area contributed by atoms with Gasteiger partial charge in [-0.2, -0.15) is 0 Å². The molecule has 1 aliphatic carbocycles. The van der Waals surface area contributed by atoms with E-state index in [1.165, 1.54) is 0 Å². The molecule has 2 aromatic carbocycles. The molecule has 1 unspecified atom stereocenters. The molecule has 0 bridgehead atoms. The van der Waals surface area contributed by atoms with E-state index in [2.05, 4.69) is 0 Å². The Hall–Kier alpha value is -2.37. The Labute approximate surface area is 188 Å². The molecule has 164 valence electrons. The van der Waals surface area contributed by atoms with Crippen LogP contribution < -0.4 is 4.74 Å². The van der Waals surface area contributed by atoms with Gasteiger partial charge >= 0.3 is 0 Å². The molecule has 1 saturated heterocycles. The van der Waals surface area contributed by atoms with Gasteiger partial charge in [-0.1, -0.05) is 30.2 Å². The number of carbonyl (C=O) groups excluding carboxylic acids is 2. The van der Waals surface area contributed by atoms with Gasteiger partial charge in [0.05, 0.1) is 18.6 Å². The van der Waals surface area contributed by atoms with Gasteiger partial charge < -0.3 is 14.4 Å². The molecule has 1 saturated carbocycles. The maximum Gasteiger partial charge on any atom is 0.233 e. The molecule has 1 heterocycles. The number of aryl methyl sites for hydroxylation is 1. The largest absolute Gasteiger partial charge is 0.491 e. The summed E-state index contributed by atoms with van der Waals surface area (Å²) >= 11 is 6.05. The minimum Gasteiger partial charge on any atom is -0.491 e. The lowest BCUT2D eigenvalue weighted by Crippen LogP contribution is -2.56. The first-order chi connectivity index (χ1) is 14.9. The second-order valence-corrected chi connectivity index (χ2v) is 8.97. The normalized spacial score (nSPS) is 20.1. The van der Waals surface area contributed by atoms with E-state index in [1.807, 2.05) is 42.2 Å². The van der Waals surface area contributed by atoms with Crippen molar-refractivity contribution >= 4 is 23.3 Å². The van der Waals surface area contributed by atoms with Gasteiger partial charge in [-0.05, 0) is 68.1 Å². The van der Waals surface area contributed by atoms with Gasteiger partial charge in [-0.25, -0.2) is 0 Å². The number of benzene rings is 2. The van der Waals surface area contributed by atoms with Crippen molar-refractivity contribution < 1.29 is 19.1 Å². The Morgan fingerprint density at radius 3 is 2.55 bits per heavy atom. The predicted molar refractivity (Wildman–Crippen MR) is 120 cm³/mol. The number of ether oxygens (including phenoxy) is 2. The molecule has 4 rings (SSSR count). The van der Waals surface area contributed by atoms with Crippen molar-refractivity contribution in [1.82, 2.24) is 4.90 Å². The minimum absolute atomic E-state index is 0.0411. The van der Waals surface area contributed by atoms with Crippen molar-refractivity contribution in [2.75, 3.05) is 26.3 Å². The Balaban J connectivity index is 1.40. The van der Waals surface area contributed by atoms with Gasteiger partial charge in [0.15, 0.2) is 5.78 Å². The SMILES string of the molecule is CC(=O)c1ccc(OCC2CN(C(=O)C3(c4ccc(Cl)cc4)CCC3)CCO2)cc1C. The van der Waals surface area contributed by atoms with Crippen LogP contribution >= 0.6 is 11.6 Å². The molecule has 2 fully saturated rings. The topological polar surface area (TPSA) is 55.8 Å². The van der Waals surface area contributed by atoms with Crippen molar-refractivity contribution in [3.8, 4) is 5.75 Å². The van der Waals surface area contributed by atoms with Crippen LogP contribution in [0.25, 0.3) is 0 Å². The zero-order chi connectivity index (χ0) is 22.0. The maximum atomic E-state index is 13.5. The van der Waals surface area contributed by atoms with Gasteiger partial charge in [0.2, 0.25) is 5.91 Å². The molecule has 1 amide bonds. The molecule has 5 nitrogen and oxygen atoms in total. The Morgan fingerprint density at radius 1 is 1.19 bits per heavy atom. The molecule has 6 heteroatoms. The van der Waals surface area contributed by atoms with Crippen molar-refractivity contribution in [2.24, 2.45) is 0 Å². The van der Waals surface area contributed by atoms with Gasteiger partial charge in [0, 0.05) is 17.1 Å². The summed E-state index contributed by atoms with van der Waals surface area (Å²) in [5.74, 6) is 0.918. The van der Waals surface area contributed by atoms with Crippen LogP contribution in [-0.4, -0.2) is 49.0 Å². The van der Waals surface area contributed by atoms with Gasteiger partial charge in [0.1, 0.15) is 18.5 Å². The fourth-order valence-corrected chi connectivity index (χ4v) is 4.67. The lowest BCUT2D eigenvalue weighted by atomic mass is 9.63. The first kappa shape index (κ1) is 21.8. The second kappa shape index (κ2) is 9.01. The lowest BCUT2D eigenvalue weighted by molar-refractivity contribution is -0.149. The zero-order valence-corrected chi connectivity index (χ0v) is 18.8. The highest BCUT2D eigenvalue weighted by molar-refractivity contribution is 6.30. The summed E-state index contributed by atoms with van der Waals surface area (Å²) in [6.07, 6.45) is 2.61. The predicted octanol–water partition coefficient (Wildman–Crippen LogP) is 4.58. The number of morpholine rings is 1. The molecule has 0 radical (unpaired) electrons. The summed E-state index contributed by atoms with van der Waals surface area (Å²) < 4.78 is 11.8. The molecular formula is C25H28ClNO4. The fraction of sp³-hybridized carbons (Fsp3) is 0.440. The van der Waals surface area contributed by atoms with Crippen LogP contribution in [0.15, 0.2) is 42.5 Å². The summed E-state index contributed by atoms with van der Waals surface area (Å²) in [5, 5.41) is 0.681. The third-order valence-corrected chi connectivity index (χ3v) is 6.70. The van der Waals surface area contributed by atoms with E-state index in [9.17, 15) is 9.59 Å². The Bertz CT molecular complexity index is 968. The van der Waals surface area contributed by atoms with Crippen LogP contribution in [0.2, 0.25) is 5.02 Å². The van der Waals surface area contributed by atoms with E-state index in [4.69, 9.17) is 21.1 Å². The van der Waals surface area contributed by atoms with Crippen molar-refractivity contribution in [1.29, 1.82) is 0 Å². The third kappa shape index (κ3) is 4.48. The summed E-state index contributed by atoms with van der Waals surface area (Å²) in [7, 11) is 0. The standard InChI is InChI=1S/C25H28ClNO4/c1-17-14-21(8-9-23(17)18(2)28)31-16-22-15-27(12-13-30-22)24(29)25(10-3-11-25)19-4-6-20(26)7-5-19/h4-9,14,22H,3,10-13,15-16H2,1-2H3. The molecule has 0 aromatic heterocycles. The van der Waals surface area contributed by atoms with Crippen LogP contribution in [0.4, 0.5) is 0 Å². The van der Waals surface area contributed by atoms with Crippen LogP contribution in [0.3, 0.4) is 0 Å². The Morgan fingerprint density at radius 2 is 1.94 bits per heavy atom. The van der Waals surface area contributed by atoms with Crippen LogP contribution in [0.5, 0.6) is 5.75 Å². The summed E-state index contributed by atoms with van der Waals surface area (Å²) in [5.41, 5.74) is 2.20. The average Bonchev–Trinajstić information content (AvgIpc) is 2.72. The highest BCUT2D eigenvalue weighted by Crippen LogP contribution is 2.45. The number of hydrogen-bond donors (Lipinski definition) is 0. The lowest BCUT2D eigenvalue weighted by Gasteiger charge is -2.45. The number of ketones is 1. The van der Waals surface area contributed by atoms with E-state index in [0.717, 1.165) is 30.4 Å². The first-order valence-corrected chi connectivity index (χ1v) is 11.2. The van der Waals surface area contributed by atoms with Crippen molar-refractivity contribution in [3.05, 3.63) is 64.2 Å². The van der Waals surface area contributed by atoms with E-state index in [1.54, 1.807) is 19.1 Å². The van der Waals surface area contributed by atoms with E-state index in [-0.39, 0.29) is 17.8 Å². The molecular weight excluding hydrogens is 414 g/mol. The van der Waals surface area contributed by atoms with Crippen molar-refractivity contribution in [2.45, 2.75) is 44.6 Å². The number of nitrogens with zero attached hydrogens (tertiary/aromatic N) is 1. The maximum absolute atomic E-state index is 13.5. The van der Waals surface area contributed by atoms with Crippen molar-refractivity contribution in [3.63, 3.8) is 0 Å². The second-order valence-electron chi connectivity index (χ2n) is 8.53. The van der Waals surface area contributed by atoms with Crippen LogP contribution in [-0.2, 0) is 14.9 Å². The number of rotatable bonds is 6. The number of halogens is 1. The highest BCUT2D eigenvalue weighted by Gasteiger charge is 2.48. The first-order valence-electron chi connectivity index (χ1n) is 10.8. The van der Waals surface area contributed by atoms with Crippen LogP contribution in [0, 0.1) is 6.92 Å². The number of carbonyl (C=O) groups is 2. The zero-order valence-electron chi connectivity index (χ0n) is 18.0. The Kier molecular flexibility index (Phi) is 6.35.